The van der Waals surface area contributed by atoms with Gasteiger partial charge in [-0.2, -0.15) is 0 Å². The van der Waals surface area contributed by atoms with Crippen LogP contribution in [0.15, 0.2) is 33.6 Å². The van der Waals surface area contributed by atoms with Crippen LogP contribution < -0.4 is 5.32 Å². The van der Waals surface area contributed by atoms with Crippen molar-refractivity contribution < 1.29 is 0 Å². The molecule has 15 heavy (non-hydrogen) atoms. The molecule has 3 heteroatoms. The van der Waals surface area contributed by atoms with Crippen molar-refractivity contribution in [3.05, 3.63) is 28.7 Å². The van der Waals surface area contributed by atoms with Gasteiger partial charge in [0.05, 0.1) is 6.04 Å². The summed E-state index contributed by atoms with van der Waals surface area (Å²) in [7, 11) is 0. The minimum atomic E-state index is 0.156. The van der Waals surface area contributed by atoms with Crippen LogP contribution in [0.25, 0.3) is 0 Å². The van der Waals surface area contributed by atoms with Gasteiger partial charge in [0, 0.05) is 15.1 Å². The molecule has 1 nitrogen and oxygen atoms in total. The normalized spacial score (nSPS) is 12.1. The Labute approximate surface area is 104 Å². The molecule has 1 unspecified atom stereocenters. The number of hydrogen-bond acceptors (Lipinski definition) is 2. The lowest BCUT2D eigenvalue weighted by atomic mass is 10.3. The first-order valence-electron chi connectivity index (χ1n) is 4.84. The van der Waals surface area contributed by atoms with E-state index in [1.807, 2.05) is 12.1 Å². The smallest absolute Gasteiger partial charge is 0.0782 e. The van der Waals surface area contributed by atoms with Crippen molar-refractivity contribution in [3.63, 3.8) is 0 Å². The number of nitrogens with one attached hydrogen (secondary N) is 1. The maximum absolute atomic E-state index is 5.41. The van der Waals surface area contributed by atoms with E-state index in [1.54, 1.807) is 11.8 Å². The van der Waals surface area contributed by atoms with Gasteiger partial charge in [0.25, 0.3) is 0 Å². The lowest BCUT2D eigenvalue weighted by Gasteiger charge is -2.10. The Bertz CT molecular complexity index is 328. The fourth-order valence-corrected chi connectivity index (χ4v) is 2.29. The molecule has 0 aromatic heterocycles. The maximum atomic E-state index is 5.41. The number of terminal acetylenes is 1. The minimum absolute atomic E-state index is 0.156. The highest BCUT2D eigenvalue weighted by Crippen LogP contribution is 2.21. The van der Waals surface area contributed by atoms with Crippen LogP contribution in [-0.2, 0) is 0 Å². The highest BCUT2D eigenvalue weighted by molar-refractivity contribution is 9.10. The van der Waals surface area contributed by atoms with Gasteiger partial charge in [-0.15, -0.1) is 18.2 Å². The number of thioether (sulfide) groups is 1. The summed E-state index contributed by atoms with van der Waals surface area (Å²) in [5, 5.41) is 3.25. The van der Waals surface area contributed by atoms with Gasteiger partial charge >= 0.3 is 0 Å². The number of benzene rings is 1. The largest absolute Gasteiger partial charge is 0.303 e. The van der Waals surface area contributed by atoms with Crippen LogP contribution in [0, 0.1) is 12.3 Å². The van der Waals surface area contributed by atoms with E-state index in [1.165, 1.54) is 4.90 Å². The third kappa shape index (κ3) is 4.74. The molecule has 0 aliphatic carbocycles. The van der Waals surface area contributed by atoms with E-state index in [4.69, 9.17) is 6.42 Å². The average Bonchev–Trinajstić information content (AvgIpc) is 2.26. The van der Waals surface area contributed by atoms with Crippen LogP contribution in [0.3, 0.4) is 0 Å². The van der Waals surface area contributed by atoms with Crippen molar-refractivity contribution in [2.45, 2.75) is 17.9 Å². The van der Waals surface area contributed by atoms with Gasteiger partial charge < -0.3 is 5.32 Å². The van der Waals surface area contributed by atoms with E-state index < -0.39 is 0 Å². The van der Waals surface area contributed by atoms with Crippen molar-refractivity contribution in [1.82, 2.24) is 5.32 Å². The molecule has 0 saturated carbocycles. The van der Waals surface area contributed by atoms with E-state index in [0.717, 1.165) is 16.8 Å². The van der Waals surface area contributed by atoms with Crippen LogP contribution in [0.1, 0.15) is 6.92 Å². The van der Waals surface area contributed by atoms with E-state index in [9.17, 15) is 0 Å². The topological polar surface area (TPSA) is 12.0 Å². The Morgan fingerprint density at radius 1 is 1.47 bits per heavy atom. The predicted molar refractivity (Wildman–Crippen MR) is 71.2 cm³/mol. The quantitative estimate of drug-likeness (QED) is 0.658. The standard InChI is InChI=1S/C12H14BrNS/c1-3-11(14-4-2)9-15-12-7-5-10(13)6-8-12/h1,5-8,11,14H,4,9H2,2H3. The molecule has 0 aliphatic rings. The molecule has 0 radical (unpaired) electrons. The number of hydrogen-bond donors (Lipinski definition) is 1. The molecule has 1 N–H and O–H groups in total. The van der Waals surface area contributed by atoms with E-state index in [0.29, 0.717) is 0 Å². The van der Waals surface area contributed by atoms with Crippen LogP contribution in [-0.4, -0.2) is 18.3 Å². The van der Waals surface area contributed by atoms with Crippen molar-refractivity contribution in [2.75, 3.05) is 12.3 Å². The molecule has 1 atom stereocenters. The second kappa shape index (κ2) is 6.95. The third-order valence-electron chi connectivity index (χ3n) is 1.88. The SMILES string of the molecule is C#CC(CSc1ccc(Br)cc1)NCC. The van der Waals surface area contributed by atoms with E-state index in [-0.39, 0.29) is 6.04 Å². The summed E-state index contributed by atoms with van der Waals surface area (Å²) in [6.45, 7) is 2.98. The monoisotopic (exact) mass is 283 g/mol. The third-order valence-corrected chi connectivity index (χ3v) is 3.52. The highest BCUT2D eigenvalue weighted by Gasteiger charge is 2.03. The molecule has 80 valence electrons. The van der Waals surface area contributed by atoms with Gasteiger partial charge in [-0.1, -0.05) is 28.8 Å². The Balaban J connectivity index is 2.42. The molecule has 1 aromatic carbocycles. The summed E-state index contributed by atoms with van der Waals surface area (Å²) < 4.78 is 1.10. The van der Waals surface area contributed by atoms with Crippen LogP contribution in [0.2, 0.25) is 0 Å². The molecule has 0 heterocycles. The summed E-state index contributed by atoms with van der Waals surface area (Å²) in [6.07, 6.45) is 5.41. The average molecular weight is 284 g/mol. The lowest BCUT2D eigenvalue weighted by molar-refractivity contribution is 0.684. The Hall–Kier alpha value is -0.430. The first-order valence-corrected chi connectivity index (χ1v) is 6.62. The first kappa shape index (κ1) is 12.6. The molecular weight excluding hydrogens is 270 g/mol. The fraction of sp³-hybridized carbons (Fsp3) is 0.333. The lowest BCUT2D eigenvalue weighted by Crippen LogP contribution is -2.29. The van der Waals surface area contributed by atoms with Gasteiger partial charge in [0.1, 0.15) is 0 Å². The van der Waals surface area contributed by atoms with Gasteiger partial charge in [-0.3, -0.25) is 0 Å². The van der Waals surface area contributed by atoms with Crippen molar-refractivity contribution in [1.29, 1.82) is 0 Å². The summed E-state index contributed by atoms with van der Waals surface area (Å²) in [5.74, 6) is 3.65. The second-order valence-electron chi connectivity index (χ2n) is 3.04. The molecular formula is C12H14BrNS. The zero-order valence-electron chi connectivity index (χ0n) is 8.66. The van der Waals surface area contributed by atoms with Crippen LogP contribution >= 0.6 is 27.7 Å². The fourth-order valence-electron chi connectivity index (χ4n) is 1.12. The first-order chi connectivity index (χ1) is 7.26. The Kier molecular flexibility index (Phi) is 5.85. The maximum Gasteiger partial charge on any atom is 0.0782 e. The zero-order valence-corrected chi connectivity index (χ0v) is 11.1. The van der Waals surface area contributed by atoms with Gasteiger partial charge in [-0.05, 0) is 30.8 Å². The molecule has 0 fully saturated rings. The van der Waals surface area contributed by atoms with Crippen molar-refractivity contribution in [3.8, 4) is 12.3 Å². The van der Waals surface area contributed by atoms with Crippen molar-refractivity contribution in [2.24, 2.45) is 0 Å². The van der Waals surface area contributed by atoms with Gasteiger partial charge in [0.2, 0.25) is 0 Å². The van der Waals surface area contributed by atoms with Crippen LogP contribution in [0.4, 0.5) is 0 Å². The number of halogens is 1. The molecule has 0 aliphatic heterocycles. The summed E-state index contributed by atoms with van der Waals surface area (Å²) in [4.78, 5) is 1.25. The zero-order chi connectivity index (χ0) is 11.1. The number of rotatable bonds is 5. The van der Waals surface area contributed by atoms with Crippen LogP contribution in [0.5, 0.6) is 0 Å². The molecule has 1 aromatic rings. The Morgan fingerprint density at radius 3 is 2.67 bits per heavy atom. The molecule has 0 amide bonds. The Morgan fingerprint density at radius 2 is 2.13 bits per heavy atom. The molecule has 0 bridgehead atoms. The van der Waals surface area contributed by atoms with Crippen molar-refractivity contribution >= 4 is 27.7 Å². The summed E-state index contributed by atoms with van der Waals surface area (Å²) >= 11 is 5.19. The molecule has 1 rings (SSSR count). The summed E-state index contributed by atoms with van der Waals surface area (Å²) in [6, 6.07) is 8.42. The van der Waals surface area contributed by atoms with Gasteiger partial charge in [0.15, 0.2) is 0 Å². The van der Waals surface area contributed by atoms with E-state index in [2.05, 4.69) is 46.2 Å². The van der Waals surface area contributed by atoms with E-state index >= 15 is 0 Å². The van der Waals surface area contributed by atoms with Gasteiger partial charge in [-0.25, -0.2) is 0 Å². The molecule has 0 saturated heterocycles. The second-order valence-corrected chi connectivity index (χ2v) is 5.05. The predicted octanol–water partition coefficient (Wildman–Crippen LogP) is 3.15. The minimum Gasteiger partial charge on any atom is -0.303 e. The highest BCUT2D eigenvalue weighted by atomic mass is 79.9. The molecule has 0 spiro atoms. The summed E-state index contributed by atoms with van der Waals surface area (Å²) in [5.41, 5.74) is 0.